The molecular weight excluding hydrogens is 290 g/mol. The number of anilines is 2. The fourth-order valence-electron chi connectivity index (χ4n) is 2.00. The summed E-state index contributed by atoms with van der Waals surface area (Å²) in [5.41, 5.74) is 2.27. The number of aromatic nitrogens is 1. The minimum atomic E-state index is -0.192. The second kappa shape index (κ2) is 5.53. The van der Waals surface area contributed by atoms with Crippen molar-refractivity contribution in [3.05, 3.63) is 34.8 Å². The quantitative estimate of drug-likeness (QED) is 0.908. The number of amides is 2. The highest BCUT2D eigenvalue weighted by Gasteiger charge is 2.16. The minimum Gasteiger partial charge on any atom is -0.482 e. The van der Waals surface area contributed by atoms with Crippen LogP contribution in [0.4, 0.5) is 10.8 Å². The van der Waals surface area contributed by atoms with Crippen LogP contribution in [0, 0.1) is 6.92 Å². The Labute approximate surface area is 125 Å². The number of carbonyl (C=O) groups is 2. The zero-order chi connectivity index (χ0) is 14.8. The van der Waals surface area contributed by atoms with Gasteiger partial charge in [-0.25, -0.2) is 4.98 Å². The van der Waals surface area contributed by atoms with Crippen molar-refractivity contribution in [3.8, 4) is 5.75 Å². The summed E-state index contributed by atoms with van der Waals surface area (Å²) in [6.07, 6.45) is 0.210. The molecule has 7 heteroatoms. The highest BCUT2D eigenvalue weighted by molar-refractivity contribution is 7.13. The summed E-state index contributed by atoms with van der Waals surface area (Å²) in [5, 5.41) is 7.94. The van der Waals surface area contributed by atoms with Crippen molar-refractivity contribution in [2.75, 3.05) is 17.2 Å². The number of hydrogen-bond acceptors (Lipinski definition) is 5. The van der Waals surface area contributed by atoms with Crippen molar-refractivity contribution in [2.24, 2.45) is 0 Å². The third-order valence-corrected chi connectivity index (χ3v) is 3.78. The fraction of sp³-hybridized carbons (Fsp3) is 0.214. The van der Waals surface area contributed by atoms with Crippen LogP contribution in [0.3, 0.4) is 0 Å². The van der Waals surface area contributed by atoms with E-state index in [1.807, 2.05) is 18.4 Å². The van der Waals surface area contributed by atoms with E-state index in [0.717, 1.165) is 11.3 Å². The molecule has 0 unspecified atom stereocenters. The minimum absolute atomic E-state index is 0.0240. The van der Waals surface area contributed by atoms with E-state index in [2.05, 4.69) is 15.6 Å². The maximum absolute atomic E-state index is 12.0. The first-order chi connectivity index (χ1) is 10.1. The van der Waals surface area contributed by atoms with Crippen LogP contribution >= 0.6 is 11.3 Å². The van der Waals surface area contributed by atoms with Crippen LogP contribution in [0.15, 0.2) is 23.6 Å². The van der Waals surface area contributed by atoms with Crippen LogP contribution in [-0.4, -0.2) is 23.4 Å². The van der Waals surface area contributed by atoms with Gasteiger partial charge in [0.05, 0.1) is 17.8 Å². The molecule has 1 aliphatic rings. The van der Waals surface area contributed by atoms with E-state index in [0.29, 0.717) is 16.6 Å². The van der Waals surface area contributed by atoms with Crippen LogP contribution < -0.4 is 15.4 Å². The molecule has 0 bridgehead atoms. The molecule has 2 aromatic rings. The van der Waals surface area contributed by atoms with Crippen molar-refractivity contribution < 1.29 is 14.3 Å². The Morgan fingerprint density at radius 3 is 3.14 bits per heavy atom. The van der Waals surface area contributed by atoms with Gasteiger partial charge in [0.2, 0.25) is 5.91 Å². The first-order valence-electron chi connectivity index (χ1n) is 6.38. The lowest BCUT2D eigenvalue weighted by molar-refractivity contribution is -0.118. The van der Waals surface area contributed by atoms with Gasteiger partial charge in [-0.05, 0) is 24.6 Å². The van der Waals surface area contributed by atoms with Gasteiger partial charge in [0.25, 0.3) is 5.91 Å². The van der Waals surface area contributed by atoms with Crippen molar-refractivity contribution in [3.63, 3.8) is 0 Å². The molecule has 0 spiro atoms. The third kappa shape index (κ3) is 3.19. The second-order valence-electron chi connectivity index (χ2n) is 4.69. The monoisotopic (exact) mass is 303 g/mol. The first kappa shape index (κ1) is 13.6. The van der Waals surface area contributed by atoms with E-state index in [1.165, 1.54) is 11.3 Å². The summed E-state index contributed by atoms with van der Waals surface area (Å²) in [5.74, 6) is 0.282. The van der Waals surface area contributed by atoms with E-state index >= 15 is 0 Å². The molecule has 1 aromatic heterocycles. The van der Waals surface area contributed by atoms with E-state index in [-0.39, 0.29) is 24.8 Å². The van der Waals surface area contributed by atoms with Crippen LogP contribution in [0.2, 0.25) is 0 Å². The predicted octanol–water partition coefficient (Wildman–Crippen LogP) is 1.96. The number of nitrogens with one attached hydrogen (secondary N) is 2. The molecule has 2 heterocycles. The molecule has 0 aliphatic carbocycles. The van der Waals surface area contributed by atoms with Gasteiger partial charge in [-0.3, -0.25) is 9.59 Å². The summed E-state index contributed by atoms with van der Waals surface area (Å²) in [6.45, 7) is 1.90. The lowest BCUT2D eigenvalue weighted by Crippen LogP contribution is -2.25. The summed E-state index contributed by atoms with van der Waals surface area (Å²) in [7, 11) is 0. The Balaban J connectivity index is 1.68. The highest BCUT2D eigenvalue weighted by atomic mass is 32.1. The van der Waals surface area contributed by atoms with Gasteiger partial charge in [0, 0.05) is 5.38 Å². The van der Waals surface area contributed by atoms with Gasteiger partial charge >= 0.3 is 0 Å². The zero-order valence-electron chi connectivity index (χ0n) is 11.3. The topological polar surface area (TPSA) is 80.3 Å². The average Bonchev–Trinajstić information content (AvgIpc) is 2.83. The number of rotatable bonds is 3. The Bertz CT molecular complexity index is 711. The molecule has 0 atom stereocenters. The molecule has 0 radical (unpaired) electrons. The molecule has 6 nitrogen and oxygen atoms in total. The molecule has 2 N–H and O–H groups in total. The smallest absolute Gasteiger partial charge is 0.262 e. The largest absolute Gasteiger partial charge is 0.482 e. The number of aryl methyl sites for hydroxylation is 1. The Morgan fingerprint density at radius 1 is 1.52 bits per heavy atom. The van der Waals surface area contributed by atoms with Crippen LogP contribution in [0.1, 0.15) is 11.3 Å². The van der Waals surface area contributed by atoms with Gasteiger partial charge in [0.1, 0.15) is 5.75 Å². The van der Waals surface area contributed by atoms with Gasteiger partial charge in [-0.2, -0.15) is 0 Å². The van der Waals surface area contributed by atoms with Gasteiger partial charge in [-0.1, -0.05) is 6.07 Å². The molecule has 2 amide bonds. The highest BCUT2D eigenvalue weighted by Crippen LogP contribution is 2.28. The summed E-state index contributed by atoms with van der Waals surface area (Å²) in [4.78, 5) is 27.4. The van der Waals surface area contributed by atoms with E-state index in [1.54, 1.807) is 12.1 Å². The summed E-state index contributed by atoms with van der Waals surface area (Å²) >= 11 is 1.39. The Morgan fingerprint density at radius 2 is 2.38 bits per heavy atom. The average molecular weight is 303 g/mol. The van der Waals surface area contributed by atoms with Crippen molar-refractivity contribution >= 4 is 34.0 Å². The van der Waals surface area contributed by atoms with Gasteiger partial charge in [0.15, 0.2) is 11.7 Å². The number of benzene rings is 1. The van der Waals surface area contributed by atoms with Crippen molar-refractivity contribution in [1.29, 1.82) is 0 Å². The summed E-state index contributed by atoms with van der Waals surface area (Å²) in [6, 6.07) is 5.31. The van der Waals surface area contributed by atoms with E-state index in [9.17, 15) is 9.59 Å². The fourth-order valence-corrected chi connectivity index (χ4v) is 2.70. The Hall–Kier alpha value is -2.41. The number of nitrogens with zero attached hydrogens (tertiary/aromatic N) is 1. The van der Waals surface area contributed by atoms with Crippen molar-refractivity contribution in [1.82, 2.24) is 4.98 Å². The van der Waals surface area contributed by atoms with E-state index in [4.69, 9.17) is 4.74 Å². The van der Waals surface area contributed by atoms with Gasteiger partial charge in [-0.15, -0.1) is 11.3 Å². The lowest BCUT2D eigenvalue weighted by Gasteiger charge is -2.18. The van der Waals surface area contributed by atoms with Crippen LogP contribution in [0.5, 0.6) is 5.75 Å². The number of hydrogen-bond donors (Lipinski definition) is 2. The van der Waals surface area contributed by atoms with E-state index < -0.39 is 0 Å². The predicted molar refractivity (Wildman–Crippen MR) is 79.8 cm³/mol. The molecular formula is C14H13N3O3S. The first-order valence-corrected chi connectivity index (χ1v) is 7.26. The number of ether oxygens (including phenoxy) is 1. The molecule has 1 aromatic carbocycles. The third-order valence-electron chi connectivity index (χ3n) is 2.91. The van der Waals surface area contributed by atoms with Gasteiger partial charge < -0.3 is 15.4 Å². The molecule has 3 rings (SSSR count). The van der Waals surface area contributed by atoms with Crippen LogP contribution in [0.25, 0.3) is 0 Å². The second-order valence-corrected chi connectivity index (χ2v) is 5.54. The Kier molecular flexibility index (Phi) is 3.57. The molecule has 0 fully saturated rings. The maximum Gasteiger partial charge on any atom is 0.262 e. The maximum atomic E-state index is 12.0. The number of fused-ring (bicyclic) bond motifs is 1. The SMILES string of the molecule is Cc1csc(NC(=O)Cc2ccc3c(c2)NC(=O)CO3)n1. The van der Waals surface area contributed by atoms with Crippen molar-refractivity contribution in [2.45, 2.75) is 13.3 Å². The molecule has 108 valence electrons. The molecule has 0 saturated heterocycles. The number of carbonyl (C=O) groups excluding carboxylic acids is 2. The molecule has 1 aliphatic heterocycles. The zero-order valence-corrected chi connectivity index (χ0v) is 12.1. The standard InChI is InChI=1S/C14H13N3O3S/c1-8-7-21-14(15-8)17-12(18)5-9-2-3-11-10(4-9)16-13(19)6-20-11/h2-4,7H,5-6H2,1H3,(H,16,19)(H,15,17,18). The molecule has 0 saturated carbocycles. The molecule has 21 heavy (non-hydrogen) atoms. The summed E-state index contributed by atoms with van der Waals surface area (Å²) < 4.78 is 5.27. The van der Waals surface area contributed by atoms with Crippen LogP contribution in [-0.2, 0) is 16.0 Å². The lowest BCUT2D eigenvalue weighted by atomic mass is 10.1. The normalized spacial score (nSPS) is 13.1. The number of thiazole rings is 1.